The number of furan rings is 1. The van der Waals surface area contributed by atoms with E-state index in [-0.39, 0.29) is 6.61 Å². The van der Waals surface area contributed by atoms with E-state index in [9.17, 15) is 9.90 Å². The number of nitrogens with zero attached hydrogens (tertiary/aromatic N) is 1. The molecule has 7 heteroatoms. The number of carbonyl (C=O) groups excluding carboxylic acids is 1. The van der Waals surface area contributed by atoms with Gasteiger partial charge in [0.15, 0.2) is 11.5 Å². The molecule has 6 nitrogen and oxygen atoms in total. The fourth-order valence-corrected chi connectivity index (χ4v) is 3.20. The molecule has 2 aromatic carbocycles. The molecular weight excluding hydrogens is 406 g/mol. The molecule has 1 aromatic heterocycles. The lowest BCUT2D eigenvalue weighted by molar-refractivity contribution is 0.0596. The smallest absolute Gasteiger partial charge is 0.161 e. The van der Waals surface area contributed by atoms with Crippen LogP contribution in [0.2, 0.25) is 5.02 Å². The molecule has 0 bridgehead atoms. The zero-order chi connectivity index (χ0) is 21.3. The molecule has 158 valence electrons. The van der Waals surface area contributed by atoms with Crippen LogP contribution >= 0.6 is 11.6 Å². The zero-order valence-electron chi connectivity index (χ0n) is 16.7. The highest BCUT2D eigenvalue weighted by Crippen LogP contribution is 2.27. The monoisotopic (exact) mass is 429 g/mol. The standard InChI is InChI=1S/C23H24ClNO5/c1-28-23-11-18(15-26)6-9-22(23)30-16-20(27)13-25(14-21-3-2-10-29-21)12-17-4-7-19(24)8-5-17/h2-11,15,20,27H,12-14,16H2,1H3. The van der Waals surface area contributed by atoms with Crippen molar-refractivity contribution in [2.45, 2.75) is 19.2 Å². The highest BCUT2D eigenvalue weighted by atomic mass is 35.5. The molecule has 0 saturated heterocycles. The van der Waals surface area contributed by atoms with Gasteiger partial charge < -0.3 is 19.0 Å². The van der Waals surface area contributed by atoms with E-state index in [0.717, 1.165) is 17.6 Å². The Hall–Kier alpha value is -2.80. The molecule has 0 fully saturated rings. The van der Waals surface area contributed by atoms with Gasteiger partial charge in [-0.3, -0.25) is 9.69 Å². The Kier molecular flexibility index (Phi) is 7.90. The number of ether oxygens (including phenoxy) is 2. The third-order valence-corrected chi connectivity index (χ3v) is 4.75. The lowest BCUT2D eigenvalue weighted by atomic mass is 10.2. The first-order chi connectivity index (χ1) is 14.6. The topological polar surface area (TPSA) is 72.1 Å². The van der Waals surface area contributed by atoms with Crippen molar-refractivity contribution in [2.75, 3.05) is 20.3 Å². The van der Waals surface area contributed by atoms with Crippen LogP contribution < -0.4 is 9.47 Å². The zero-order valence-corrected chi connectivity index (χ0v) is 17.4. The number of methoxy groups -OCH3 is 1. The highest BCUT2D eigenvalue weighted by molar-refractivity contribution is 6.30. The molecule has 1 heterocycles. The second-order valence-corrected chi connectivity index (χ2v) is 7.30. The quantitative estimate of drug-likeness (QED) is 0.461. The van der Waals surface area contributed by atoms with E-state index in [1.165, 1.54) is 7.11 Å². The maximum atomic E-state index is 10.9. The summed E-state index contributed by atoms with van der Waals surface area (Å²) in [6.45, 7) is 1.61. The number of hydrogen-bond acceptors (Lipinski definition) is 6. The van der Waals surface area contributed by atoms with Crippen LogP contribution in [0.25, 0.3) is 0 Å². The van der Waals surface area contributed by atoms with Crippen molar-refractivity contribution in [1.29, 1.82) is 0 Å². The summed E-state index contributed by atoms with van der Waals surface area (Å²) in [5.74, 6) is 1.72. The number of carbonyl (C=O) groups is 1. The minimum atomic E-state index is -0.747. The van der Waals surface area contributed by atoms with Gasteiger partial charge in [0, 0.05) is 23.7 Å². The molecule has 1 atom stereocenters. The van der Waals surface area contributed by atoms with Crippen molar-refractivity contribution < 1.29 is 23.8 Å². The van der Waals surface area contributed by atoms with Crippen molar-refractivity contribution in [3.05, 3.63) is 82.8 Å². The predicted molar refractivity (Wildman–Crippen MR) is 114 cm³/mol. The number of aliphatic hydroxyl groups is 1. The normalized spacial score (nSPS) is 12.0. The number of hydrogen-bond donors (Lipinski definition) is 1. The number of halogens is 1. The maximum Gasteiger partial charge on any atom is 0.161 e. The van der Waals surface area contributed by atoms with E-state index in [4.69, 9.17) is 25.5 Å². The Labute approximate surface area is 180 Å². The van der Waals surface area contributed by atoms with Gasteiger partial charge in [0.05, 0.1) is 19.9 Å². The Morgan fingerprint density at radius 1 is 1.13 bits per heavy atom. The van der Waals surface area contributed by atoms with Crippen LogP contribution in [0.1, 0.15) is 21.7 Å². The summed E-state index contributed by atoms with van der Waals surface area (Å²) in [7, 11) is 1.50. The van der Waals surface area contributed by atoms with Gasteiger partial charge in [-0.15, -0.1) is 0 Å². The molecule has 1 unspecified atom stereocenters. The first-order valence-electron chi connectivity index (χ1n) is 9.50. The summed E-state index contributed by atoms with van der Waals surface area (Å²) in [4.78, 5) is 13.0. The third kappa shape index (κ3) is 6.35. The highest BCUT2D eigenvalue weighted by Gasteiger charge is 2.16. The molecule has 30 heavy (non-hydrogen) atoms. The van der Waals surface area contributed by atoms with Crippen molar-refractivity contribution in [1.82, 2.24) is 4.90 Å². The molecule has 0 saturated carbocycles. The molecule has 0 aliphatic heterocycles. The lowest BCUT2D eigenvalue weighted by Crippen LogP contribution is -2.35. The molecule has 0 spiro atoms. The fraction of sp³-hybridized carbons (Fsp3) is 0.261. The summed E-state index contributed by atoms with van der Waals surface area (Å²) in [6, 6.07) is 16.2. The molecule has 3 rings (SSSR count). The van der Waals surface area contributed by atoms with Gasteiger partial charge in [0.2, 0.25) is 0 Å². The maximum absolute atomic E-state index is 10.9. The summed E-state index contributed by atoms with van der Waals surface area (Å²) in [5, 5.41) is 11.3. The summed E-state index contributed by atoms with van der Waals surface area (Å²) >= 11 is 5.98. The van der Waals surface area contributed by atoms with Gasteiger partial charge in [-0.25, -0.2) is 0 Å². The van der Waals surface area contributed by atoms with Crippen LogP contribution in [0, 0.1) is 0 Å². The Bertz CT molecular complexity index is 927. The Morgan fingerprint density at radius 3 is 2.60 bits per heavy atom. The van der Waals surface area contributed by atoms with Crippen molar-refractivity contribution in [3.8, 4) is 11.5 Å². The molecule has 3 aromatic rings. The van der Waals surface area contributed by atoms with Gasteiger partial charge in [-0.1, -0.05) is 23.7 Å². The van der Waals surface area contributed by atoms with Crippen LogP contribution in [0.15, 0.2) is 65.3 Å². The van der Waals surface area contributed by atoms with E-state index < -0.39 is 6.10 Å². The second kappa shape index (κ2) is 10.8. The van der Waals surface area contributed by atoms with Crippen molar-refractivity contribution in [3.63, 3.8) is 0 Å². The number of aliphatic hydroxyl groups excluding tert-OH is 1. The first kappa shape index (κ1) is 21.9. The van der Waals surface area contributed by atoms with Crippen LogP contribution in [-0.4, -0.2) is 42.7 Å². The first-order valence-corrected chi connectivity index (χ1v) is 9.88. The van der Waals surface area contributed by atoms with E-state index >= 15 is 0 Å². The summed E-state index contributed by atoms with van der Waals surface area (Å²) < 4.78 is 16.5. The van der Waals surface area contributed by atoms with E-state index in [1.807, 2.05) is 36.4 Å². The fourth-order valence-electron chi connectivity index (χ4n) is 3.07. The second-order valence-electron chi connectivity index (χ2n) is 6.87. The lowest BCUT2D eigenvalue weighted by Gasteiger charge is -2.24. The minimum absolute atomic E-state index is 0.0755. The molecular formula is C23H24ClNO5. The van der Waals surface area contributed by atoms with E-state index in [2.05, 4.69) is 4.90 Å². The van der Waals surface area contributed by atoms with E-state index in [0.29, 0.717) is 41.7 Å². The van der Waals surface area contributed by atoms with Crippen LogP contribution in [0.4, 0.5) is 0 Å². The molecule has 0 amide bonds. The van der Waals surface area contributed by atoms with Gasteiger partial charge in [-0.2, -0.15) is 0 Å². The number of benzene rings is 2. The molecule has 0 radical (unpaired) electrons. The predicted octanol–water partition coefficient (Wildman–Crippen LogP) is 4.20. The largest absolute Gasteiger partial charge is 0.493 e. The van der Waals surface area contributed by atoms with Crippen molar-refractivity contribution >= 4 is 17.9 Å². The Morgan fingerprint density at radius 2 is 1.93 bits per heavy atom. The Balaban J connectivity index is 1.63. The van der Waals surface area contributed by atoms with Crippen LogP contribution in [-0.2, 0) is 13.1 Å². The molecule has 0 aliphatic carbocycles. The third-order valence-electron chi connectivity index (χ3n) is 4.50. The SMILES string of the molecule is COc1cc(C=O)ccc1OCC(O)CN(Cc1ccc(Cl)cc1)Cc1ccco1. The van der Waals surface area contributed by atoms with Crippen LogP contribution in [0.5, 0.6) is 11.5 Å². The minimum Gasteiger partial charge on any atom is -0.493 e. The van der Waals surface area contributed by atoms with Gasteiger partial charge >= 0.3 is 0 Å². The van der Waals surface area contributed by atoms with Gasteiger partial charge in [0.1, 0.15) is 24.8 Å². The number of rotatable bonds is 11. The average molecular weight is 430 g/mol. The van der Waals surface area contributed by atoms with Gasteiger partial charge in [-0.05, 0) is 48.0 Å². The van der Waals surface area contributed by atoms with Crippen LogP contribution in [0.3, 0.4) is 0 Å². The summed E-state index contributed by atoms with van der Waals surface area (Å²) in [6.07, 6.45) is 1.62. The van der Waals surface area contributed by atoms with E-state index in [1.54, 1.807) is 24.5 Å². The van der Waals surface area contributed by atoms with Crippen molar-refractivity contribution in [2.24, 2.45) is 0 Å². The molecule has 0 aliphatic rings. The average Bonchev–Trinajstić information content (AvgIpc) is 3.26. The number of aldehydes is 1. The molecule has 1 N–H and O–H groups in total. The summed E-state index contributed by atoms with van der Waals surface area (Å²) in [5.41, 5.74) is 1.57. The van der Waals surface area contributed by atoms with Gasteiger partial charge in [0.25, 0.3) is 0 Å².